The van der Waals surface area contributed by atoms with E-state index in [1.54, 1.807) is 24.3 Å². The molecule has 118 valence electrons. The fraction of sp³-hybridized carbons (Fsp3) is 0.105. The van der Waals surface area contributed by atoms with Crippen LogP contribution in [0.25, 0.3) is 0 Å². The Kier molecular flexibility index (Phi) is 6.29. The van der Waals surface area contributed by atoms with Crippen LogP contribution in [0.3, 0.4) is 0 Å². The van der Waals surface area contributed by atoms with Gasteiger partial charge in [-0.3, -0.25) is 4.79 Å². The molecule has 0 spiro atoms. The van der Waals surface area contributed by atoms with E-state index in [9.17, 15) is 9.18 Å². The minimum Gasteiger partial charge on any atom is -0.342 e. The van der Waals surface area contributed by atoms with Gasteiger partial charge in [-0.25, -0.2) is 4.39 Å². The Morgan fingerprint density at radius 3 is 2.57 bits per heavy atom. The Balaban J connectivity index is 2.35. The standard InChI is InChI=1S/C19H17BrFNO/c1-2-3-5-10-18(23)22-19(14-8-6-4-7-9-14)16-12-11-15(20)13-17(16)21/h2-13,19H,1H3,(H,22,23)/b3-2+,10-5-/t19-/m1/s1. The fourth-order valence-electron chi connectivity index (χ4n) is 2.17. The van der Waals surface area contributed by atoms with Crippen LogP contribution in [0.4, 0.5) is 4.39 Å². The first kappa shape index (κ1) is 17.2. The van der Waals surface area contributed by atoms with Crippen molar-refractivity contribution in [3.8, 4) is 0 Å². The van der Waals surface area contributed by atoms with Crippen LogP contribution >= 0.6 is 15.9 Å². The molecule has 0 unspecified atom stereocenters. The molecule has 0 saturated heterocycles. The summed E-state index contributed by atoms with van der Waals surface area (Å²) in [5, 5.41) is 2.85. The molecule has 2 nitrogen and oxygen atoms in total. The first-order valence-electron chi connectivity index (χ1n) is 7.21. The smallest absolute Gasteiger partial charge is 0.244 e. The molecule has 23 heavy (non-hydrogen) atoms. The van der Waals surface area contributed by atoms with Gasteiger partial charge in [-0.2, -0.15) is 0 Å². The topological polar surface area (TPSA) is 29.1 Å². The van der Waals surface area contributed by atoms with Crippen LogP contribution in [-0.4, -0.2) is 5.91 Å². The van der Waals surface area contributed by atoms with Crippen molar-refractivity contribution in [2.24, 2.45) is 0 Å². The van der Waals surface area contributed by atoms with Crippen LogP contribution < -0.4 is 5.32 Å². The van der Waals surface area contributed by atoms with E-state index in [1.807, 2.05) is 43.3 Å². The van der Waals surface area contributed by atoms with Gasteiger partial charge in [0.15, 0.2) is 0 Å². The molecule has 0 aliphatic rings. The summed E-state index contributed by atoms with van der Waals surface area (Å²) in [5.41, 5.74) is 1.24. The quantitative estimate of drug-likeness (QED) is 0.584. The largest absolute Gasteiger partial charge is 0.342 e. The maximum Gasteiger partial charge on any atom is 0.244 e. The number of carbonyl (C=O) groups is 1. The highest BCUT2D eigenvalue weighted by Crippen LogP contribution is 2.26. The molecule has 0 fully saturated rings. The van der Waals surface area contributed by atoms with Gasteiger partial charge < -0.3 is 5.32 Å². The summed E-state index contributed by atoms with van der Waals surface area (Å²) in [6, 6.07) is 13.6. The molecule has 0 aliphatic carbocycles. The average Bonchev–Trinajstić information content (AvgIpc) is 2.54. The van der Waals surface area contributed by atoms with Crippen molar-refractivity contribution in [2.45, 2.75) is 13.0 Å². The summed E-state index contributed by atoms with van der Waals surface area (Å²) in [5.74, 6) is -0.648. The molecule has 4 heteroatoms. The molecular weight excluding hydrogens is 357 g/mol. The van der Waals surface area contributed by atoms with Crippen LogP contribution in [0.1, 0.15) is 24.1 Å². The van der Waals surface area contributed by atoms with E-state index in [0.29, 0.717) is 10.0 Å². The van der Waals surface area contributed by atoms with E-state index in [1.165, 1.54) is 12.1 Å². The van der Waals surface area contributed by atoms with Crippen molar-refractivity contribution in [2.75, 3.05) is 0 Å². The molecule has 0 aliphatic heterocycles. The van der Waals surface area contributed by atoms with E-state index in [2.05, 4.69) is 21.2 Å². The summed E-state index contributed by atoms with van der Waals surface area (Å²) in [6.07, 6.45) is 6.66. The van der Waals surface area contributed by atoms with Gasteiger partial charge in [0.05, 0.1) is 6.04 Å². The number of allylic oxidation sites excluding steroid dienone is 3. The maximum atomic E-state index is 14.3. The Morgan fingerprint density at radius 1 is 1.17 bits per heavy atom. The van der Waals surface area contributed by atoms with Crippen LogP contribution in [0.15, 0.2) is 77.3 Å². The first-order chi connectivity index (χ1) is 11.1. The molecule has 2 rings (SSSR count). The Hall–Kier alpha value is -2.20. The van der Waals surface area contributed by atoms with E-state index in [0.717, 1.165) is 5.56 Å². The zero-order valence-electron chi connectivity index (χ0n) is 12.7. The molecule has 2 aromatic carbocycles. The highest BCUT2D eigenvalue weighted by Gasteiger charge is 2.19. The lowest BCUT2D eigenvalue weighted by molar-refractivity contribution is -0.117. The van der Waals surface area contributed by atoms with Crippen molar-refractivity contribution in [3.63, 3.8) is 0 Å². The third kappa shape index (κ3) is 4.89. The number of halogens is 2. The van der Waals surface area contributed by atoms with E-state index >= 15 is 0 Å². The highest BCUT2D eigenvalue weighted by molar-refractivity contribution is 9.10. The molecule has 0 aromatic heterocycles. The minimum absolute atomic E-state index is 0.278. The Labute approximate surface area is 143 Å². The van der Waals surface area contributed by atoms with Gasteiger partial charge in [-0.05, 0) is 24.6 Å². The SMILES string of the molecule is C/C=C/C=C\C(=O)N[C@H](c1ccccc1)c1ccc(Br)cc1F. The number of benzene rings is 2. The second-order valence-electron chi connectivity index (χ2n) is 4.90. The van der Waals surface area contributed by atoms with Gasteiger partial charge in [-0.15, -0.1) is 0 Å². The molecule has 2 aromatic rings. The van der Waals surface area contributed by atoms with Gasteiger partial charge in [0.25, 0.3) is 0 Å². The summed E-state index contributed by atoms with van der Waals surface area (Å²) in [6.45, 7) is 1.87. The monoisotopic (exact) mass is 373 g/mol. The lowest BCUT2D eigenvalue weighted by Crippen LogP contribution is -2.28. The number of nitrogens with one attached hydrogen (secondary N) is 1. The Bertz CT molecular complexity index is 725. The third-order valence-corrected chi connectivity index (χ3v) is 3.74. The molecule has 0 saturated carbocycles. The first-order valence-corrected chi connectivity index (χ1v) is 8.01. The van der Waals surface area contributed by atoms with Gasteiger partial charge in [0.1, 0.15) is 5.82 Å². The number of rotatable bonds is 5. The highest BCUT2D eigenvalue weighted by atomic mass is 79.9. The second-order valence-corrected chi connectivity index (χ2v) is 5.82. The number of hydrogen-bond donors (Lipinski definition) is 1. The summed E-state index contributed by atoms with van der Waals surface area (Å²) < 4.78 is 15.0. The summed E-state index contributed by atoms with van der Waals surface area (Å²) >= 11 is 3.25. The minimum atomic E-state index is -0.549. The van der Waals surface area contributed by atoms with Crippen LogP contribution in [0, 0.1) is 5.82 Å². The molecule has 0 heterocycles. The summed E-state index contributed by atoms with van der Waals surface area (Å²) in [4.78, 5) is 12.1. The lowest BCUT2D eigenvalue weighted by Gasteiger charge is -2.19. The molecule has 0 radical (unpaired) electrons. The number of carbonyl (C=O) groups excluding carboxylic acids is 1. The second kappa shape index (κ2) is 8.44. The van der Waals surface area contributed by atoms with Crippen molar-refractivity contribution >= 4 is 21.8 Å². The van der Waals surface area contributed by atoms with Gasteiger partial charge in [-0.1, -0.05) is 70.6 Å². The number of hydrogen-bond acceptors (Lipinski definition) is 1. The molecular formula is C19H17BrFNO. The predicted molar refractivity (Wildman–Crippen MR) is 94.5 cm³/mol. The van der Waals surface area contributed by atoms with E-state index in [4.69, 9.17) is 0 Å². The zero-order chi connectivity index (χ0) is 16.7. The van der Waals surface area contributed by atoms with Crippen molar-refractivity contribution in [1.82, 2.24) is 5.32 Å². The zero-order valence-corrected chi connectivity index (χ0v) is 14.3. The van der Waals surface area contributed by atoms with Crippen molar-refractivity contribution in [3.05, 3.63) is 94.3 Å². The summed E-state index contributed by atoms with van der Waals surface area (Å²) in [7, 11) is 0. The third-order valence-electron chi connectivity index (χ3n) is 3.24. The van der Waals surface area contributed by atoms with Gasteiger partial charge >= 0.3 is 0 Å². The fourth-order valence-corrected chi connectivity index (χ4v) is 2.50. The van der Waals surface area contributed by atoms with E-state index < -0.39 is 6.04 Å². The van der Waals surface area contributed by atoms with Crippen molar-refractivity contribution in [1.29, 1.82) is 0 Å². The maximum absolute atomic E-state index is 14.3. The molecule has 1 atom stereocenters. The predicted octanol–water partition coefficient (Wildman–Crippen LogP) is 4.93. The van der Waals surface area contributed by atoms with Gasteiger partial charge in [0, 0.05) is 16.1 Å². The van der Waals surface area contributed by atoms with Gasteiger partial charge in [0.2, 0.25) is 5.91 Å². The molecule has 0 bridgehead atoms. The van der Waals surface area contributed by atoms with E-state index in [-0.39, 0.29) is 11.7 Å². The lowest BCUT2D eigenvalue weighted by atomic mass is 9.98. The van der Waals surface area contributed by atoms with Crippen LogP contribution in [0.2, 0.25) is 0 Å². The van der Waals surface area contributed by atoms with Crippen LogP contribution in [0.5, 0.6) is 0 Å². The Morgan fingerprint density at radius 2 is 1.91 bits per heavy atom. The molecule has 1 amide bonds. The van der Waals surface area contributed by atoms with Crippen molar-refractivity contribution < 1.29 is 9.18 Å². The van der Waals surface area contributed by atoms with Crippen LogP contribution in [-0.2, 0) is 4.79 Å². The molecule has 1 N–H and O–H groups in total. The normalized spacial score (nSPS) is 12.7. The number of amides is 1. The average molecular weight is 374 g/mol.